The third-order valence-electron chi connectivity index (χ3n) is 5.93. The largest absolute Gasteiger partial charge is 0.468 e. The van der Waals surface area contributed by atoms with E-state index in [9.17, 15) is 9.59 Å². The summed E-state index contributed by atoms with van der Waals surface area (Å²) in [5.74, 6) is 0.366. The van der Waals surface area contributed by atoms with E-state index in [1.807, 2.05) is 24.3 Å². The van der Waals surface area contributed by atoms with Gasteiger partial charge in [-0.1, -0.05) is 36.4 Å². The van der Waals surface area contributed by atoms with Crippen LogP contribution in [-0.4, -0.2) is 22.6 Å². The molecule has 1 saturated carbocycles. The molecule has 0 amide bonds. The minimum absolute atomic E-state index is 0.00575. The third-order valence-corrected chi connectivity index (χ3v) is 5.93. The number of esters is 1. The van der Waals surface area contributed by atoms with Crippen LogP contribution in [0.15, 0.2) is 41.2 Å². The van der Waals surface area contributed by atoms with Crippen molar-refractivity contribution in [2.75, 3.05) is 7.11 Å². The maximum absolute atomic E-state index is 13.3. The molecule has 2 aromatic rings. The van der Waals surface area contributed by atoms with Crippen LogP contribution in [0.25, 0.3) is 17.7 Å². The quantitative estimate of drug-likeness (QED) is 0.772. The lowest BCUT2D eigenvalue weighted by Crippen LogP contribution is -2.34. The number of fused-ring (bicyclic) bond motifs is 4. The first-order chi connectivity index (χ1) is 13.1. The van der Waals surface area contributed by atoms with Crippen molar-refractivity contribution in [3.05, 3.63) is 69.4 Å². The van der Waals surface area contributed by atoms with Gasteiger partial charge in [0.05, 0.1) is 18.8 Å². The van der Waals surface area contributed by atoms with Gasteiger partial charge in [-0.05, 0) is 49.0 Å². The standard InChI is InChI=1S/C22H20N2O3/c1-27-21(26)22-11-10-18-23-19-15(12-14-6-3-2-4-7-14)8-5-9-16(19)20(25)24(18)17(22)13-22/h2-4,6-7,10-12,17H,5,8-9,13H2,1H3. The van der Waals surface area contributed by atoms with Gasteiger partial charge in [0.15, 0.2) is 0 Å². The maximum atomic E-state index is 13.3. The Balaban J connectivity index is 1.63. The molecule has 0 saturated heterocycles. The van der Waals surface area contributed by atoms with Crippen molar-refractivity contribution in [3.8, 4) is 0 Å². The Morgan fingerprint density at radius 3 is 2.89 bits per heavy atom. The van der Waals surface area contributed by atoms with E-state index in [0.29, 0.717) is 12.2 Å². The van der Waals surface area contributed by atoms with Crippen molar-refractivity contribution < 1.29 is 9.53 Å². The molecule has 5 nitrogen and oxygen atoms in total. The van der Waals surface area contributed by atoms with Crippen molar-refractivity contribution in [3.63, 3.8) is 0 Å². The molecular weight excluding hydrogens is 340 g/mol. The Kier molecular flexibility index (Phi) is 3.47. The average Bonchev–Trinajstić information content (AvgIpc) is 3.45. The first-order valence-corrected chi connectivity index (χ1v) is 9.33. The van der Waals surface area contributed by atoms with Crippen LogP contribution in [0.2, 0.25) is 0 Å². The average molecular weight is 360 g/mol. The van der Waals surface area contributed by atoms with Crippen molar-refractivity contribution in [2.45, 2.75) is 31.7 Å². The number of hydrogen-bond acceptors (Lipinski definition) is 4. The number of ether oxygens (including phenoxy) is 1. The van der Waals surface area contributed by atoms with Crippen molar-refractivity contribution in [2.24, 2.45) is 5.41 Å². The van der Waals surface area contributed by atoms with Crippen LogP contribution in [0.4, 0.5) is 0 Å². The zero-order valence-corrected chi connectivity index (χ0v) is 15.1. The number of hydrogen-bond donors (Lipinski definition) is 0. The van der Waals surface area contributed by atoms with E-state index in [0.717, 1.165) is 41.7 Å². The normalized spacial score (nSPS) is 26.1. The highest BCUT2D eigenvalue weighted by molar-refractivity contribution is 5.86. The Bertz CT molecular complexity index is 1060. The fourth-order valence-corrected chi connectivity index (χ4v) is 4.42. The van der Waals surface area contributed by atoms with Crippen LogP contribution in [0.1, 0.15) is 47.9 Å². The molecule has 27 heavy (non-hydrogen) atoms. The fraction of sp³-hybridized carbons (Fsp3) is 0.318. The lowest BCUT2D eigenvalue weighted by atomic mass is 9.90. The first-order valence-electron chi connectivity index (χ1n) is 9.33. The molecule has 2 heterocycles. The Morgan fingerprint density at radius 2 is 2.11 bits per heavy atom. The van der Waals surface area contributed by atoms with Crippen LogP contribution < -0.4 is 5.56 Å². The number of methoxy groups -OCH3 is 1. The minimum atomic E-state index is -0.682. The number of carbonyl (C=O) groups excluding carboxylic acids is 1. The Hall–Kier alpha value is -2.95. The molecule has 5 heteroatoms. The summed E-state index contributed by atoms with van der Waals surface area (Å²) in [6.07, 6.45) is 8.98. The second-order valence-corrected chi connectivity index (χ2v) is 7.49. The summed E-state index contributed by atoms with van der Waals surface area (Å²) < 4.78 is 6.66. The smallest absolute Gasteiger partial charge is 0.317 e. The van der Waals surface area contributed by atoms with E-state index >= 15 is 0 Å². The summed E-state index contributed by atoms with van der Waals surface area (Å²) >= 11 is 0. The van der Waals surface area contributed by atoms with Crippen LogP contribution >= 0.6 is 0 Å². The summed E-state index contributed by atoms with van der Waals surface area (Å²) in [4.78, 5) is 30.3. The van der Waals surface area contributed by atoms with Crippen LogP contribution in [0.5, 0.6) is 0 Å². The molecular formula is C22H20N2O3. The molecule has 1 aromatic carbocycles. The number of nitrogens with zero attached hydrogens (tertiary/aromatic N) is 2. The van der Waals surface area contributed by atoms with Gasteiger partial charge in [-0.2, -0.15) is 0 Å². The second kappa shape index (κ2) is 5.78. The van der Waals surface area contributed by atoms with Crippen LogP contribution in [0, 0.1) is 5.41 Å². The van der Waals surface area contributed by atoms with Gasteiger partial charge < -0.3 is 4.74 Å². The molecule has 2 aliphatic carbocycles. The van der Waals surface area contributed by atoms with Crippen molar-refractivity contribution in [1.82, 2.24) is 9.55 Å². The van der Waals surface area contributed by atoms with E-state index in [1.54, 1.807) is 10.6 Å². The number of allylic oxidation sites excluding steroid dienone is 1. The van der Waals surface area contributed by atoms with E-state index < -0.39 is 5.41 Å². The van der Waals surface area contributed by atoms with Gasteiger partial charge in [0.2, 0.25) is 0 Å². The van der Waals surface area contributed by atoms with E-state index in [1.165, 1.54) is 7.11 Å². The van der Waals surface area contributed by atoms with Gasteiger partial charge >= 0.3 is 5.97 Å². The molecule has 2 atom stereocenters. The predicted molar refractivity (Wildman–Crippen MR) is 103 cm³/mol. The van der Waals surface area contributed by atoms with E-state index in [-0.39, 0.29) is 17.6 Å². The molecule has 5 rings (SSSR count). The van der Waals surface area contributed by atoms with Gasteiger partial charge in [-0.15, -0.1) is 0 Å². The summed E-state index contributed by atoms with van der Waals surface area (Å²) in [5, 5.41) is 0. The van der Waals surface area contributed by atoms with Gasteiger partial charge in [0.1, 0.15) is 11.2 Å². The number of rotatable bonds is 2. The monoisotopic (exact) mass is 360 g/mol. The molecule has 0 N–H and O–H groups in total. The zero-order valence-electron chi connectivity index (χ0n) is 15.1. The first kappa shape index (κ1) is 16.2. The zero-order chi connectivity index (χ0) is 18.6. The number of carbonyl (C=O) groups is 1. The van der Waals surface area contributed by atoms with Crippen molar-refractivity contribution in [1.29, 1.82) is 0 Å². The second-order valence-electron chi connectivity index (χ2n) is 7.49. The lowest BCUT2D eigenvalue weighted by molar-refractivity contribution is -0.145. The Labute approximate surface area is 157 Å². The minimum Gasteiger partial charge on any atom is -0.468 e. The van der Waals surface area contributed by atoms with Gasteiger partial charge in [0, 0.05) is 5.56 Å². The van der Waals surface area contributed by atoms with Crippen LogP contribution in [-0.2, 0) is 16.0 Å². The van der Waals surface area contributed by atoms with E-state index in [2.05, 4.69) is 18.2 Å². The Morgan fingerprint density at radius 1 is 1.30 bits per heavy atom. The maximum Gasteiger partial charge on any atom is 0.317 e. The molecule has 2 unspecified atom stereocenters. The summed E-state index contributed by atoms with van der Waals surface area (Å²) in [6, 6.07) is 9.95. The predicted octanol–water partition coefficient (Wildman–Crippen LogP) is 3.25. The molecule has 0 bridgehead atoms. The molecule has 1 aliphatic heterocycles. The van der Waals surface area contributed by atoms with Gasteiger partial charge in [-0.25, -0.2) is 4.98 Å². The van der Waals surface area contributed by atoms with Gasteiger partial charge in [-0.3, -0.25) is 14.2 Å². The summed E-state index contributed by atoms with van der Waals surface area (Å²) in [6.45, 7) is 0. The highest BCUT2D eigenvalue weighted by Gasteiger charge is 2.63. The van der Waals surface area contributed by atoms with Crippen molar-refractivity contribution >= 4 is 23.7 Å². The molecule has 0 radical (unpaired) electrons. The fourth-order valence-electron chi connectivity index (χ4n) is 4.42. The highest BCUT2D eigenvalue weighted by Crippen LogP contribution is 2.60. The van der Waals surface area contributed by atoms with E-state index in [4.69, 9.17) is 9.72 Å². The highest BCUT2D eigenvalue weighted by atomic mass is 16.5. The third kappa shape index (κ3) is 2.34. The summed E-state index contributed by atoms with van der Waals surface area (Å²) in [7, 11) is 1.39. The molecule has 3 aliphatic rings. The topological polar surface area (TPSA) is 61.2 Å². The SMILES string of the molecule is COC(=O)C12C=Cc3nc4c(c(=O)n3C1C2)CCCC4=Cc1ccccc1. The number of aromatic nitrogens is 2. The lowest BCUT2D eigenvalue weighted by Gasteiger charge is -2.24. The number of benzene rings is 1. The molecule has 0 spiro atoms. The van der Waals surface area contributed by atoms with Gasteiger partial charge in [0.25, 0.3) is 5.56 Å². The summed E-state index contributed by atoms with van der Waals surface area (Å²) in [5.41, 5.74) is 3.12. The van der Waals surface area contributed by atoms with Crippen LogP contribution in [0.3, 0.4) is 0 Å². The molecule has 1 aromatic heterocycles. The molecule has 1 fully saturated rings. The molecule has 136 valence electrons.